The fraction of sp³-hybridized carbons (Fsp3) is 0.154. The number of aromatic nitrogens is 1. The summed E-state index contributed by atoms with van der Waals surface area (Å²) in [7, 11) is 0. The number of hydrogen-bond acceptors (Lipinski definition) is 3. The van der Waals surface area contributed by atoms with Crippen molar-refractivity contribution in [2.75, 3.05) is 0 Å². The van der Waals surface area contributed by atoms with Crippen LogP contribution in [0.3, 0.4) is 0 Å². The van der Waals surface area contributed by atoms with Gasteiger partial charge in [0.15, 0.2) is 0 Å². The van der Waals surface area contributed by atoms with Crippen LogP contribution in [-0.4, -0.2) is 10.1 Å². The molecule has 2 aromatic rings. The zero-order valence-corrected chi connectivity index (χ0v) is 10.1. The third kappa shape index (κ3) is 2.96. The molecule has 1 aromatic carbocycles. The fourth-order valence-corrected chi connectivity index (χ4v) is 1.52. The number of benzene rings is 1. The van der Waals surface area contributed by atoms with Crippen LogP contribution in [0.1, 0.15) is 11.3 Å². The van der Waals surface area contributed by atoms with Crippen molar-refractivity contribution in [1.29, 1.82) is 0 Å². The van der Waals surface area contributed by atoms with Gasteiger partial charge in [-0.2, -0.15) is 0 Å². The van der Waals surface area contributed by atoms with Crippen molar-refractivity contribution < 1.29 is 9.84 Å². The Morgan fingerprint density at radius 3 is 2.53 bits per heavy atom. The number of aliphatic hydroxyl groups is 1. The lowest BCUT2D eigenvalue weighted by Crippen LogP contribution is -1.94. The summed E-state index contributed by atoms with van der Waals surface area (Å²) in [4.78, 5) is 4.10. The van der Waals surface area contributed by atoms with Crippen molar-refractivity contribution in [2.45, 2.75) is 13.5 Å². The number of hydrogen-bond donors (Lipinski definition) is 1. The van der Waals surface area contributed by atoms with Crippen LogP contribution in [0.15, 0.2) is 36.4 Å². The first-order chi connectivity index (χ1) is 8.19. The molecule has 3 nitrogen and oxygen atoms in total. The van der Waals surface area contributed by atoms with Crippen molar-refractivity contribution in [3.8, 4) is 11.6 Å². The number of pyridine rings is 1. The molecule has 17 heavy (non-hydrogen) atoms. The van der Waals surface area contributed by atoms with Gasteiger partial charge in [-0.05, 0) is 25.1 Å². The molecule has 0 aliphatic carbocycles. The summed E-state index contributed by atoms with van der Waals surface area (Å²) in [6.45, 7) is 1.80. The van der Waals surface area contributed by atoms with E-state index in [4.69, 9.17) is 21.4 Å². The number of aryl methyl sites for hydroxylation is 1. The van der Waals surface area contributed by atoms with Gasteiger partial charge in [0.2, 0.25) is 5.88 Å². The highest BCUT2D eigenvalue weighted by Gasteiger charge is 2.04. The molecule has 0 saturated carbocycles. The SMILES string of the molecule is Cc1ccc(Oc2ccc(Cl)c(CO)n2)cc1. The Bertz CT molecular complexity index is 511. The second-order valence-electron chi connectivity index (χ2n) is 3.65. The smallest absolute Gasteiger partial charge is 0.219 e. The molecule has 88 valence electrons. The standard InChI is InChI=1S/C13H12ClNO2/c1-9-2-4-10(5-3-9)17-13-7-6-11(14)12(8-16)15-13/h2-7,16H,8H2,1H3. The predicted molar refractivity (Wildman–Crippen MR) is 66.4 cm³/mol. The zero-order valence-electron chi connectivity index (χ0n) is 9.35. The Kier molecular flexibility index (Phi) is 3.61. The molecule has 0 amide bonds. The first-order valence-corrected chi connectivity index (χ1v) is 5.57. The quantitative estimate of drug-likeness (QED) is 0.907. The van der Waals surface area contributed by atoms with Crippen LogP contribution in [0.5, 0.6) is 11.6 Å². The molecule has 0 fully saturated rings. The van der Waals surface area contributed by atoms with E-state index in [-0.39, 0.29) is 6.61 Å². The Balaban J connectivity index is 2.21. The lowest BCUT2D eigenvalue weighted by molar-refractivity contribution is 0.275. The van der Waals surface area contributed by atoms with Gasteiger partial charge in [-0.1, -0.05) is 29.3 Å². The first kappa shape index (κ1) is 11.9. The van der Waals surface area contributed by atoms with Crippen LogP contribution in [0.2, 0.25) is 5.02 Å². The first-order valence-electron chi connectivity index (χ1n) is 5.20. The Labute approximate surface area is 105 Å². The second-order valence-corrected chi connectivity index (χ2v) is 4.06. The summed E-state index contributed by atoms with van der Waals surface area (Å²) in [5, 5.41) is 9.48. The minimum Gasteiger partial charge on any atom is -0.439 e. The average Bonchev–Trinajstić information content (AvgIpc) is 2.34. The van der Waals surface area contributed by atoms with Gasteiger partial charge in [-0.25, -0.2) is 4.98 Å². The molecule has 0 radical (unpaired) electrons. The molecule has 1 N–H and O–H groups in total. The molecule has 0 aliphatic heterocycles. The zero-order chi connectivity index (χ0) is 12.3. The van der Waals surface area contributed by atoms with Gasteiger partial charge in [0, 0.05) is 6.07 Å². The van der Waals surface area contributed by atoms with Gasteiger partial charge in [-0.15, -0.1) is 0 Å². The van der Waals surface area contributed by atoms with E-state index >= 15 is 0 Å². The van der Waals surface area contributed by atoms with Crippen LogP contribution in [0.25, 0.3) is 0 Å². The van der Waals surface area contributed by atoms with Crippen molar-refractivity contribution >= 4 is 11.6 Å². The van der Waals surface area contributed by atoms with Crippen LogP contribution in [0.4, 0.5) is 0 Å². The summed E-state index contributed by atoms with van der Waals surface area (Å²) in [5.41, 5.74) is 1.58. The maximum Gasteiger partial charge on any atom is 0.219 e. The summed E-state index contributed by atoms with van der Waals surface area (Å²) < 4.78 is 5.55. The number of ether oxygens (including phenoxy) is 1. The molecule has 0 atom stereocenters. The number of halogens is 1. The lowest BCUT2D eigenvalue weighted by atomic mass is 10.2. The Morgan fingerprint density at radius 1 is 1.18 bits per heavy atom. The molecule has 1 heterocycles. The predicted octanol–water partition coefficient (Wildman–Crippen LogP) is 3.33. The average molecular weight is 250 g/mol. The van der Waals surface area contributed by atoms with Gasteiger partial charge < -0.3 is 9.84 Å². The van der Waals surface area contributed by atoms with Gasteiger partial charge in [-0.3, -0.25) is 0 Å². The molecule has 0 spiro atoms. The third-order valence-electron chi connectivity index (χ3n) is 2.29. The monoisotopic (exact) mass is 249 g/mol. The van der Waals surface area contributed by atoms with Crippen LogP contribution in [-0.2, 0) is 6.61 Å². The van der Waals surface area contributed by atoms with E-state index in [1.54, 1.807) is 12.1 Å². The molecular formula is C13H12ClNO2. The fourth-order valence-electron chi connectivity index (χ4n) is 1.36. The number of rotatable bonds is 3. The highest BCUT2D eigenvalue weighted by Crippen LogP contribution is 2.23. The Morgan fingerprint density at radius 2 is 1.88 bits per heavy atom. The van der Waals surface area contributed by atoms with Crippen molar-refractivity contribution in [3.63, 3.8) is 0 Å². The van der Waals surface area contributed by atoms with Gasteiger partial charge in [0.05, 0.1) is 17.3 Å². The number of aliphatic hydroxyl groups excluding tert-OH is 1. The summed E-state index contributed by atoms with van der Waals surface area (Å²) in [6.07, 6.45) is 0. The van der Waals surface area contributed by atoms with Gasteiger partial charge in [0.1, 0.15) is 5.75 Å². The van der Waals surface area contributed by atoms with Crippen molar-refractivity contribution in [1.82, 2.24) is 4.98 Å². The van der Waals surface area contributed by atoms with Crippen LogP contribution in [0, 0.1) is 6.92 Å². The molecule has 2 rings (SSSR count). The van der Waals surface area contributed by atoms with Gasteiger partial charge in [0.25, 0.3) is 0 Å². The van der Waals surface area contributed by atoms with Gasteiger partial charge >= 0.3 is 0 Å². The molecular weight excluding hydrogens is 238 g/mol. The molecule has 0 aliphatic rings. The third-order valence-corrected chi connectivity index (χ3v) is 2.63. The molecule has 1 aromatic heterocycles. The maximum atomic E-state index is 9.04. The lowest BCUT2D eigenvalue weighted by Gasteiger charge is -2.07. The topological polar surface area (TPSA) is 42.4 Å². The number of nitrogens with zero attached hydrogens (tertiary/aromatic N) is 1. The largest absolute Gasteiger partial charge is 0.439 e. The second kappa shape index (κ2) is 5.17. The molecule has 0 saturated heterocycles. The maximum absolute atomic E-state index is 9.04. The minimum absolute atomic E-state index is 0.204. The van der Waals surface area contributed by atoms with E-state index in [9.17, 15) is 0 Å². The highest BCUT2D eigenvalue weighted by molar-refractivity contribution is 6.31. The van der Waals surface area contributed by atoms with E-state index in [2.05, 4.69) is 4.98 Å². The summed E-state index contributed by atoms with van der Waals surface area (Å²) in [6, 6.07) is 11.0. The van der Waals surface area contributed by atoms with E-state index in [1.807, 2.05) is 31.2 Å². The molecule has 4 heteroatoms. The van der Waals surface area contributed by atoms with Crippen molar-refractivity contribution in [2.24, 2.45) is 0 Å². The van der Waals surface area contributed by atoms with Crippen molar-refractivity contribution in [3.05, 3.63) is 52.7 Å². The van der Waals surface area contributed by atoms with E-state index in [1.165, 1.54) is 0 Å². The van der Waals surface area contributed by atoms with E-state index < -0.39 is 0 Å². The molecule has 0 bridgehead atoms. The van der Waals surface area contributed by atoms with E-state index in [0.717, 1.165) is 5.56 Å². The van der Waals surface area contributed by atoms with Crippen LogP contribution < -0.4 is 4.74 Å². The minimum atomic E-state index is -0.204. The molecule has 0 unspecified atom stereocenters. The summed E-state index contributed by atoms with van der Waals surface area (Å²) >= 11 is 5.84. The highest BCUT2D eigenvalue weighted by atomic mass is 35.5. The normalized spacial score (nSPS) is 10.3. The van der Waals surface area contributed by atoms with E-state index in [0.29, 0.717) is 22.3 Å². The summed E-state index contributed by atoms with van der Waals surface area (Å²) in [5.74, 6) is 1.12. The van der Waals surface area contributed by atoms with Crippen LogP contribution >= 0.6 is 11.6 Å². The Hall–Kier alpha value is -1.58.